The van der Waals surface area contributed by atoms with Gasteiger partial charge in [0.15, 0.2) is 0 Å². The number of anilines is 2. The molecule has 7 nitrogen and oxygen atoms in total. The van der Waals surface area contributed by atoms with Crippen LogP contribution in [0.1, 0.15) is 30.3 Å². The molecule has 3 aromatic rings. The van der Waals surface area contributed by atoms with Gasteiger partial charge in [0.25, 0.3) is 0 Å². The van der Waals surface area contributed by atoms with Crippen molar-refractivity contribution in [3.05, 3.63) is 41.7 Å². The minimum absolute atomic E-state index is 0.132. The minimum atomic E-state index is -0.279. The average molecular weight is 323 g/mol. The SMILES string of the molecule is N#Cc1c(N)ncnc1NCc1nc2ccc(F)cc2n1C1CC1. The lowest BCUT2D eigenvalue weighted by Crippen LogP contribution is -2.11. The topological polar surface area (TPSA) is 105 Å². The molecule has 1 aliphatic carbocycles. The molecule has 0 radical (unpaired) electrons. The Morgan fingerprint density at radius 3 is 2.96 bits per heavy atom. The van der Waals surface area contributed by atoms with Crippen LogP contribution in [0.5, 0.6) is 0 Å². The van der Waals surface area contributed by atoms with Gasteiger partial charge < -0.3 is 15.6 Å². The maximum Gasteiger partial charge on any atom is 0.149 e. The summed E-state index contributed by atoms with van der Waals surface area (Å²) in [5, 5.41) is 12.3. The number of rotatable bonds is 4. The number of imidazole rings is 1. The second-order valence-corrected chi connectivity index (χ2v) is 5.71. The Hall–Kier alpha value is -3.21. The zero-order valence-corrected chi connectivity index (χ0v) is 12.7. The maximum absolute atomic E-state index is 13.6. The number of nitrogens with one attached hydrogen (secondary N) is 1. The molecule has 0 saturated heterocycles. The molecule has 1 fully saturated rings. The van der Waals surface area contributed by atoms with Crippen LogP contribution in [0.25, 0.3) is 11.0 Å². The van der Waals surface area contributed by atoms with E-state index in [1.807, 2.05) is 6.07 Å². The van der Waals surface area contributed by atoms with E-state index in [0.717, 1.165) is 29.7 Å². The first-order valence-electron chi connectivity index (χ1n) is 7.58. The molecule has 2 heterocycles. The van der Waals surface area contributed by atoms with E-state index in [0.29, 0.717) is 18.4 Å². The lowest BCUT2D eigenvalue weighted by molar-refractivity contribution is 0.627. The van der Waals surface area contributed by atoms with Gasteiger partial charge in [0.2, 0.25) is 0 Å². The van der Waals surface area contributed by atoms with Crippen molar-refractivity contribution in [1.29, 1.82) is 5.26 Å². The third kappa shape index (κ3) is 2.40. The Labute approximate surface area is 137 Å². The molecule has 4 rings (SSSR count). The summed E-state index contributed by atoms with van der Waals surface area (Å²) in [7, 11) is 0. The summed E-state index contributed by atoms with van der Waals surface area (Å²) in [6.07, 6.45) is 3.41. The van der Waals surface area contributed by atoms with Crippen molar-refractivity contribution < 1.29 is 4.39 Å². The predicted molar refractivity (Wildman–Crippen MR) is 86.4 cm³/mol. The molecule has 0 spiro atoms. The van der Waals surface area contributed by atoms with Crippen molar-refractivity contribution in [1.82, 2.24) is 19.5 Å². The van der Waals surface area contributed by atoms with Crippen molar-refractivity contribution >= 4 is 22.7 Å². The van der Waals surface area contributed by atoms with Crippen molar-refractivity contribution in [2.45, 2.75) is 25.4 Å². The highest BCUT2D eigenvalue weighted by Crippen LogP contribution is 2.39. The monoisotopic (exact) mass is 323 g/mol. The van der Waals surface area contributed by atoms with Gasteiger partial charge in [-0.15, -0.1) is 0 Å². The predicted octanol–water partition coefficient (Wildman–Crippen LogP) is 2.37. The van der Waals surface area contributed by atoms with Crippen molar-refractivity contribution in [2.75, 3.05) is 11.1 Å². The first-order chi connectivity index (χ1) is 11.7. The Bertz CT molecular complexity index is 968. The highest BCUT2D eigenvalue weighted by Gasteiger charge is 2.28. The van der Waals surface area contributed by atoms with E-state index >= 15 is 0 Å². The van der Waals surface area contributed by atoms with Crippen LogP contribution >= 0.6 is 0 Å². The number of benzene rings is 1. The van der Waals surface area contributed by atoms with Crippen LogP contribution in [0.15, 0.2) is 24.5 Å². The second kappa shape index (κ2) is 5.45. The lowest BCUT2D eigenvalue weighted by Gasteiger charge is -2.10. The number of hydrogen-bond acceptors (Lipinski definition) is 6. The molecular formula is C16H14FN7. The summed E-state index contributed by atoms with van der Waals surface area (Å²) < 4.78 is 15.6. The molecule has 0 unspecified atom stereocenters. The van der Waals surface area contributed by atoms with Gasteiger partial charge in [0.1, 0.15) is 41.2 Å². The Balaban J connectivity index is 1.69. The van der Waals surface area contributed by atoms with Gasteiger partial charge in [0.05, 0.1) is 17.6 Å². The average Bonchev–Trinajstić information content (AvgIpc) is 3.34. The molecular weight excluding hydrogens is 309 g/mol. The number of halogens is 1. The van der Waals surface area contributed by atoms with Crippen molar-refractivity contribution in [3.8, 4) is 6.07 Å². The van der Waals surface area contributed by atoms with Crippen LogP contribution in [-0.2, 0) is 6.54 Å². The fourth-order valence-electron chi connectivity index (χ4n) is 2.79. The van der Waals surface area contributed by atoms with E-state index in [9.17, 15) is 9.65 Å². The van der Waals surface area contributed by atoms with Crippen LogP contribution in [0.3, 0.4) is 0 Å². The van der Waals surface area contributed by atoms with Crippen LogP contribution in [-0.4, -0.2) is 19.5 Å². The summed E-state index contributed by atoms with van der Waals surface area (Å²) in [5.74, 6) is 0.997. The van der Waals surface area contributed by atoms with Gasteiger partial charge >= 0.3 is 0 Å². The van der Waals surface area contributed by atoms with Gasteiger partial charge in [0, 0.05) is 6.04 Å². The molecule has 3 N–H and O–H groups in total. The van der Waals surface area contributed by atoms with Crippen LogP contribution in [0.4, 0.5) is 16.0 Å². The van der Waals surface area contributed by atoms with E-state index in [-0.39, 0.29) is 17.2 Å². The molecule has 2 aromatic heterocycles. The molecule has 120 valence electrons. The standard InChI is InChI=1S/C16H14FN7/c17-9-1-4-12-13(5-9)24(10-2-3-10)14(23-12)7-20-16-11(6-18)15(19)21-8-22-16/h1,4-5,8,10H,2-3,7H2,(H3,19,20,21,22). The third-order valence-corrected chi connectivity index (χ3v) is 4.04. The summed E-state index contributed by atoms with van der Waals surface area (Å²) in [6.45, 7) is 0.359. The van der Waals surface area contributed by atoms with Gasteiger partial charge in [-0.05, 0) is 31.0 Å². The Morgan fingerprint density at radius 2 is 2.21 bits per heavy atom. The van der Waals surface area contributed by atoms with Gasteiger partial charge in [-0.3, -0.25) is 0 Å². The molecule has 1 aliphatic rings. The van der Waals surface area contributed by atoms with E-state index in [4.69, 9.17) is 5.73 Å². The second-order valence-electron chi connectivity index (χ2n) is 5.71. The van der Waals surface area contributed by atoms with Crippen LogP contribution < -0.4 is 11.1 Å². The fraction of sp³-hybridized carbons (Fsp3) is 0.250. The highest BCUT2D eigenvalue weighted by molar-refractivity contribution is 5.76. The van der Waals surface area contributed by atoms with Crippen LogP contribution in [0.2, 0.25) is 0 Å². The number of hydrogen-bond donors (Lipinski definition) is 2. The van der Waals surface area contributed by atoms with E-state index in [1.165, 1.54) is 18.5 Å². The molecule has 0 aliphatic heterocycles. The van der Waals surface area contributed by atoms with Crippen molar-refractivity contribution in [2.24, 2.45) is 0 Å². The fourth-order valence-corrected chi connectivity index (χ4v) is 2.79. The van der Waals surface area contributed by atoms with Crippen molar-refractivity contribution in [3.63, 3.8) is 0 Å². The first-order valence-corrected chi connectivity index (χ1v) is 7.58. The quantitative estimate of drug-likeness (QED) is 0.763. The number of nitrogen functional groups attached to an aromatic ring is 1. The van der Waals surface area contributed by atoms with Gasteiger partial charge in [-0.1, -0.05) is 0 Å². The van der Waals surface area contributed by atoms with Crippen LogP contribution in [0, 0.1) is 17.1 Å². The van der Waals surface area contributed by atoms with Gasteiger partial charge in [-0.2, -0.15) is 5.26 Å². The minimum Gasteiger partial charge on any atom is -0.382 e. The summed E-state index contributed by atoms with van der Waals surface area (Å²) in [4.78, 5) is 12.5. The summed E-state index contributed by atoms with van der Waals surface area (Å²) in [5.41, 5.74) is 7.44. The number of nitriles is 1. The number of nitrogens with zero attached hydrogens (tertiary/aromatic N) is 5. The molecule has 8 heteroatoms. The first kappa shape index (κ1) is 14.4. The van der Waals surface area contributed by atoms with E-state index in [1.54, 1.807) is 6.07 Å². The smallest absolute Gasteiger partial charge is 0.149 e. The lowest BCUT2D eigenvalue weighted by atomic mass is 10.3. The molecule has 1 aromatic carbocycles. The Kier molecular flexibility index (Phi) is 3.27. The third-order valence-electron chi connectivity index (χ3n) is 4.04. The summed E-state index contributed by atoms with van der Waals surface area (Å²) >= 11 is 0. The molecule has 0 bridgehead atoms. The zero-order chi connectivity index (χ0) is 16.7. The van der Waals surface area contributed by atoms with E-state index in [2.05, 4.69) is 24.8 Å². The molecule has 0 amide bonds. The molecule has 24 heavy (non-hydrogen) atoms. The number of fused-ring (bicyclic) bond motifs is 1. The van der Waals surface area contributed by atoms with E-state index < -0.39 is 0 Å². The molecule has 0 atom stereocenters. The Morgan fingerprint density at radius 1 is 1.38 bits per heavy atom. The maximum atomic E-state index is 13.6. The largest absolute Gasteiger partial charge is 0.382 e. The van der Waals surface area contributed by atoms with Gasteiger partial charge in [-0.25, -0.2) is 19.3 Å². The normalized spacial score (nSPS) is 13.8. The summed E-state index contributed by atoms with van der Waals surface area (Å²) in [6, 6.07) is 6.93. The number of aromatic nitrogens is 4. The number of nitrogens with two attached hydrogens (primary N) is 1. The molecule has 1 saturated carbocycles. The highest BCUT2D eigenvalue weighted by atomic mass is 19.1. The zero-order valence-electron chi connectivity index (χ0n) is 12.7.